The summed E-state index contributed by atoms with van der Waals surface area (Å²) in [7, 11) is 0. The van der Waals surface area contributed by atoms with Gasteiger partial charge >= 0.3 is 5.97 Å². The summed E-state index contributed by atoms with van der Waals surface area (Å²) < 4.78 is 5.16. The van der Waals surface area contributed by atoms with Gasteiger partial charge < -0.3 is 14.8 Å². The highest BCUT2D eigenvalue weighted by Gasteiger charge is 2.19. The minimum absolute atomic E-state index is 0.0103. The Hall–Kier alpha value is -2.04. The molecule has 0 aliphatic rings. The summed E-state index contributed by atoms with van der Waals surface area (Å²) >= 11 is 0. The highest BCUT2D eigenvalue weighted by molar-refractivity contribution is 5.96. The zero-order chi connectivity index (χ0) is 12.1. The van der Waals surface area contributed by atoms with E-state index in [4.69, 9.17) is 9.52 Å². The van der Waals surface area contributed by atoms with E-state index >= 15 is 0 Å². The van der Waals surface area contributed by atoms with Crippen molar-refractivity contribution in [2.45, 2.75) is 13.3 Å². The normalized spacial score (nSPS) is 9.81. The molecule has 16 heavy (non-hydrogen) atoms. The molecule has 0 aliphatic carbocycles. The first kappa shape index (κ1) is 12.0. The number of nitrogens with one attached hydrogen (secondary N) is 1. The molecule has 0 atom stereocenters. The van der Waals surface area contributed by atoms with Crippen LogP contribution in [-0.2, 0) is 6.42 Å². The van der Waals surface area contributed by atoms with Crippen LogP contribution in [0.1, 0.15) is 33.6 Å². The van der Waals surface area contributed by atoms with Crippen molar-refractivity contribution in [1.29, 1.82) is 0 Å². The lowest BCUT2D eigenvalue weighted by atomic mass is 10.2. The SMILES string of the molecule is C=CCNC(=O)c1cc(C(=O)O)c(CC)o1. The third-order valence-corrected chi connectivity index (χ3v) is 1.99. The zero-order valence-electron chi connectivity index (χ0n) is 8.95. The summed E-state index contributed by atoms with van der Waals surface area (Å²) in [5.41, 5.74) is 0.0336. The Morgan fingerprint density at radius 2 is 2.31 bits per heavy atom. The number of carboxylic acids is 1. The van der Waals surface area contributed by atoms with Gasteiger partial charge in [-0.05, 0) is 0 Å². The summed E-state index contributed by atoms with van der Waals surface area (Å²) in [6.07, 6.45) is 1.95. The van der Waals surface area contributed by atoms with E-state index < -0.39 is 11.9 Å². The molecule has 1 aromatic heterocycles. The fourth-order valence-corrected chi connectivity index (χ4v) is 1.24. The molecule has 0 bridgehead atoms. The largest absolute Gasteiger partial charge is 0.478 e. The molecule has 0 radical (unpaired) electrons. The molecule has 5 heteroatoms. The molecular weight excluding hydrogens is 210 g/mol. The van der Waals surface area contributed by atoms with Crippen LogP contribution in [0, 0.1) is 0 Å². The molecule has 1 aromatic rings. The monoisotopic (exact) mass is 223 g/mol. The van der Waals surface area contributed by atoms with Crippen molar-refractivity contribution in [2.24, 2.45) is 0 Å². The van der Waals surface area contributed by atoms with Gasteiger partial charge in [-0.15, -0.1) is 6.58 Å². The molecule has 86 valence electrons. The molecule has 0 aromatic carbocycles. The van der Waals surface area contributed by atoms with Crippen molar-refractivity contribution in [3.8, 4) is 0 Å². The minimum Gasteiger partial charge on any atom is -0.478 e. The number of aromatic carboxylic acids is 1. The van der Waals surface area contributed by atoms with E-state index in [0.717, 1.165) is 0 Å². The molecule has 0 spiro atoms. The van der Waals surface area contributed by atoms with Gasteiger partial charge in [-0.3, -0.25) is 4.79 Å². The minimum atomic E-state index is -1.09. The van der Waals surface area contributed by atoms with E-state index in [1.807, 2.05) is 0 Å². The first-order chi connectivity index (χ1) is 7.60. The van der Waals surface area contributed by atoms with Gasteiger partial charge in [-0.25, -0.2) is 4.79 Å². The second-order valence-electron chi connectivity index (χ2n) is 3.10. The first-order valence-electron chi connectivity index (χ1n) is 4.85. The number of rotatable bonds is 5. The van der Waals surface area contributed by atoms with Crippen LogP contribution in [0.3, 0.4) is 0 Å². The van der Waals surface area contributed by atoms with Crippen molar-refractivity contribution in [3.63, 3.8) is 0 Å². The number of furan rings is 1. The maximum absolute atomic E-state index is 11.5. The highest BCUT2D eigenvalue weighted by atomic mass is 16.4. The number of carbonyl (C=O) groups excluding carboxylic acids is 1. The molecule has 0 unspecified atom stereocenters. The molecule has 0 fully saturated rings. The topological polar surface area (TPSA) is 79.5 Å². The van der Waals surface area contributed by atoms with E-state index in [2.05, 4.69) is 11.9 Å². The van der Waals surface area contributed by atoms with Crippen molar-refractivity contribution >= 4 is 11.9 Å². The van der Waals surface area contributed by atoms with Crippen LogP contribution < -0.4 is 5.32 Å². The summed E-state index contributed by atoms with van der Waals surface area (Å²) in [5, 5.41) is 11.4. The molecule has 5 nitrogen and oxygen atoms in total. The molecule has 0 saturated heterocycles. The number of hydrogen-bond donors (Lipinski definition) is 2. The van der Waals surface area contributed by atoms with E-state index in [0.29, 0.717) is 18.7 Å². The average Bonchev–Trinajstić information content (AvgIpc) is 2.69. The van der Waals surface area contributed by atoms with Crippen LogP contribution >= 0.6 is 0 Å². The third kappa shape index (κ3) is 2.50. The second-order valence-corrected chi connectivity index (χ2v) is 3.10. The molecule has 1 heterocycles. The lowest BCUT2D eigenvalue weighted by molar-refractivity contribution is 0.0694. The number of carboxylic acid groups (broad SMARTS) is 1. The van der Waals surface area contributed by atoms with Gasteiger partial charge in [0.05, 0.1) is 0 Å². The lowest BCUT2D eigenvalue weighted by Crippen LogP contribution is -2.22. The first-order valence-corrected chi connectivity index (χ1v) is 4.85. The number of hydrogen-bond acceptors (Lipinski definition) is 3. The van der Waals surface area contributed by atoms with Crippen molar-refractivity contribution in [1.82, 2.24) is 5.32 Å². The van der Waals surface area contributed by atoms with E-state index in [9.17, 15) is 9.59 Å². The van der Waals surface area contributed by atoms with E-state index in [1.54, 1.807) is 6.92 Å². The van der Waals surface area contributed by atoms with Crippen LogP contribution in [0.15, 0.2) is 23.1 Å². The second kappa shape index (κ2) is 5.16. The maximum Gasteiger partial charge on any atom is 0.339 e. The Bertz CT molecular complexity index is 420. The average molecular weight is 223 g/mol. The Kier molecular flexibility index (Phi) is 3.88. The Morgan fingerprint density at radius 1 is 1.62 bits per heavy atom. The number of amides is 1. The Labute approximate surface area is 92.8 Å². The Morgan fingerprint density at radius 3 is 2.75 bits per heavy atom. The maximum atomic E-state index is 11.5. The standard InChI is InChI=1S/C11H13NO4/c1-3-5-12-10(13)9-6-7(11(14)15)8(4-2)16-9/h3,6H,1,4-5H2,2H3,(H,12,13)(H,14,15). The summed E-state index contributed by atoms with van der Waals surface area (Å²) in [6.45, 7) is 5.52. The molecule has 0 aliphatic heterocycles. The summed E-state index contributed by atoms with van der Waals surface area (Å²) in [5.74, 6) is -1.22. The van der Waals surface area contributed by atoms with Gasteiger partial charge in [-0.2, -0.15) is 0 Å². The van der Waals surface area contributed by atoms with Gasteiger partial charge in [0.1, 0.15) is 11.3 Å². The number of carbonyl (C=O) groups is 2. The molecule has 2 N–H and O–H groups in total. The van der Waals surface area contributed by atoms with Gasteiger partial charge in [0, 0.05) is 19.0 Å². The quantitative estimate of drug-likeness (QED) is 0.740. The summed E-state index contributed by atoms with van der Waals surface area (Å²) in [6, 6.07) is 1.24. The fourth-order valence-electron chi connectivity index (χ4n) is 1.24. The van der Waals surface area contributed by atoms with Crippen LogP contribution in [0.5, 0.6) is 0 Å². The van der Waals surface area contributed by atoms with Crippen LogP contribution in [-0.4, -0.2) is 23.5 Å². The molecule has 0 saturated carbocycles. The third-order valence-electron chi connectivity index (χ3n) is 1.99. The number of aryl methyl sites for hydroxylation is 1. The lowest BCUT2D eigenvalue weighted by Gasteiger charge is -1.97. The van der Waals surface area contributed by atoms with Crippen LogP contribution in [0.2, 0.25) is 0 Å². The van der Waals surface area contributed by atoms with Crippen LogP contribution in [0.25, 0.3) is 0 Å². The Balaban J connectivity index is 2.94. The van der Waals surface area contributed by atoms with Gasteiger partial charge in [0.25, 0.3) is 5.91 Å². The van der Waals surface area contributed by atoms with Crippen molar-refractivity contribution < 1.29 is 19.1 Å². The molecular formula is C11H13NO4. The zero-order valence-corrected chi connectivity index (χ0v) is 8.95. The van der Waals surface area contributed by atoms with Gasteiger partial charge in [0.2, 0.25) is 0 Å². The fraction of sp³-hybridized carbons (Fsp3) is 0.273. The summed E-state index contributed by atoms with van der Waals surface area (Å²) in [4.78, 5) is 22.3. The predicted molar refractivity (Wildman–Crippen MR) is 57.6 cm³/mol. The van der Waals surface area contributed by atoms with Crippen molar-refractivity contribution in [2.75, 3.05) is 6.54 Å². The molecule has 1 rings (SSSR count). The van der Waals surface area contributed by atoms with Crippen molar-refractivity contribution in [3.05, 3.63) is 35.8 Å². The van der Waals surface area contributed by atoms with E-state index in [-0.39, 0.29) is 11.3 Å². The van der Waals surface area contributed by atoms with E-state index in [1.165, 1.54) is 12.1 Å². The van der Waals surface area contributed by atoms with Gasteiger partial charge in [-0.1, -0.05) is 13.0 Å². The smallest absolute Gasteiger partial charge is 0.339 e. The highest BCUT2D eigenvalue weighted by Crippen LogP contribution is 2.16. The molecule has 1 amide bonds. The predicted octanol–water partition coefficient (Wildman–Crippen LogP) is 1.46. The van der Waals surface area contributed by atoms with Crippen LogP contribution in [0.4, 0.5) is 0 Å². The van der Waals surface area contributed by atoms with Gasteiger partial charge in [0.15, 0.2) is 5.76 Å².